The Hall–Kier alpha value is -0.246. The smallest absolute Gasteiger partial charge is 0.361 e. The molecule has 0 saturated carbocycles. The fourth-order valence-electron chi connectivity index (χ4n) is 0.983. The molecule has 6 heteroatoms. The lowest BCUT2D eigenvalue weighted by Crippen LogP contribution is -2.36. The summed E-state index contributed by atoms with van der Waals surface area (Å²) in [6.07, 6.45) is 0. The minimum Gasteiger partial charge on any atom is -0.395 e. The van der Waals surface area contributed by atoms with Crippen LogP contribution in [0.4, 0.5) is 0 Å². The number of rotatable bonds is 8. The van der Waals surface area contributed by atoms with Gasteiger partial charge in [0.25, 0.3) is 0 Å². The first-order chi connectivity index (χ1) is 8.36. The second-order valence-corrected chi connectivity index (χ2v) is 9.99. The minimum atomic E-state index is -1.96. The van der Waals surface area contributed by atoms with E-state index in [0.717, 1.165) is 0 Å². The minimum absolute atomic E-state index is 0.703. The lowest BCUT2D eigenvalue weighted by Gasteiger charge is -2.21. The average Bonchev–Trinajstić information content (AvgIpc) is 2.39. The van der Waals surface area contributed by atoms with Gasteiger partial charge in [-0.25, -0.2) is 0 Å². The molecule has 0 fully saturated rings. The zero-order valence-corrected chi connectivity index (χ0v) is 14.6. The summed E-state index contributed by atoms with van der Waals surface area (Å²) < 4.78 is 20.9. The SMILES string of the molecule is C=C[Si](C)(OC)OC.C=C[Si](C)(OCC)OCC. The summed E-state index contributed by atoms with van der Waals surface area (Å²) in [6, 6.07) is 0. The lowest BCUT2D eigenvalue weighted by atomic mass is 10.9. The fourth-order valence-corrected chi connectivity index (χ4v) is 2.95. The van der Waals surface area contributed by atoms with Crippen LogP contribution in [0.25, 0.3) is 0 Å². The Morgan fingerprint density at radius 1 is 0.833 bits per heavy atom. The Labute approximate surface area is 114 Å². The molecule has 0 saturated heterocycles. The summed E-state index contributed by atoms with van der Waals surface area (Å²) >= 11 is 0. The molecule has 0 bridgehead atoms. The molecule has 0 aromatic rings. The first-order valence-corrected chi connectivity index (χ1v) is 10.8. The van der Waals surface area contributed by atoms with E-state index < -0.39 is 17.1 Å². The molecule has 0 unspecified atom stereocenters. The molecule has 18 heavy (non-hydrogen) atoms. The van der Waals surface area contributed by atoms with Crippen LogP contribution in [0.2, 0.25) is 13.1 Å². The predicted octanol–water partition coefficient (Wildman–Crippen LogP) is 2.93. The van der Waals surface area contributed by atoms with Gasteiger partial charge in [-0.2, -0.15) is 0 Å². The molecule has 0 rings (SSSR count). The summed E-state index contributed by atoms with van der Waals surface area (Å²) in [7, 11) is -0.594. The van der Waals surface area contributed by atoms with Crippen LogP contribution in [0.5, 0.6) is 0 Å². The van der Waals surface area contributed by atoms with Crippen LogP contribution in [0.3, 0.4) is 0 Å². The van der Waals surface area contributed by atoms with Crippen molar-refractivity contribution in [2.45, 2.75) is 26.9 Å². The van der Waals surface area contributed by atoms with Gasteiger partial charge in [-0.3, -0.25) is 0 Å². The van der Waals surface area contributed by atoms with Gasteiger partial charge in [0, 0.05) is 27.4 Å². The molecule has 0 heterocycles. The summed E-state index contributed by atoms with van der Waals surface area (Å²) in [6.45, 7) is 16.5. The standard InChI is InChI=1S/C7H16O2Si.C5H12O2Si/c1-5-8-10(4,7-3)9-6-2;1-5-8(4,6-2)7-3/h7H,3,5-6H2,1-2,4H3;5H,1H2,2-4H3. The third kappa shape index (κ3) is 8.79. The van der Waals surface area contributed by atoms with E-state index in [1.807, 2.05) is 26.9 Å². The van der Waals surface area contributed by atoms with Crippen molar-refractivity contribution in [3.05, 3.63) is 24.6 Å². The van der Waals surface area contributed by atoms with E-state index in [-0.39, 0.29) is 0 Å². The summed E-state index contributed by atoms with van der Waals surface area (Å²) in [5.41, 5.74) is 3.55. The molecule has 0 radical (unpaired) electrons. The van der Waals surface area contributed by atoms with Gasteiger partial charge in [0.2, 0.25) is 0 Å². The Balaban J connectivity index is 0. The Bertz CT molecular complexity index is 224. The van der Waals surface area contributed by atoms with Crippen LogP contribution in [0, 0.1) is 0 Å². The molecule has 108 valence electrons. The molecule has 0 aromatic heterocycles. The van der Waals surface area contributed by atoms with Crippen molar-refractivity contribution in [3.8, 4) is 0 Å². The zero-order valence-electron chi connectivity index (χ0n) is 12.6. The van der Waals surface area contributed by atoms with Gasteiger partial charge in [0.15, 0.2) is 0 Å². The largest absolute Gasteiger partial charge is 0.395 e. The van der Waals surface area contributed by atoms with Crippen LogP contribution in [0.15, 0.2) is 24.6 Å². The molecular formula is C12H28O4Si2. The molecule has 0 aliphatic carbocycles. The van der Waals surface area contributed by atoms with Crippen molar-refractivity contribution in [2.24, 2.45) is 0 Å². The molecule has 0 aliphatic heterocycles. The molecule has 0 aromatic carbocycles. The number of hydrogen-bond donors (Lipinski definition) is 0. The fraction of sp³-hybridized carbons (Fsp3) is 0.667. The van der Waals surface area contributed by atoms with E-state index in [1.165, 1.54) is 0 Å². The van der Waals surface area contributed by atoms with Crippen molar-refractivity contribution in [1.29, 1.82) is 0 Å². The quantitative estimate of drug-likeness (QED) is 0.645. The lowest BCUT2D eigenvalue weighted by molar-refractivity contribution is 0.201. The Kier molecular flexibility index (Phi) is 11.9. The van der Waals surface area contributed by atoms with E-state index in [0.29, 0.717) is 13.2 Å². The third-order valence-electron chi connectivity index (χ3n) is 2.41. The first-order valence-electron chi connectivity index (χ1n) is 6.02. The summed E-state index contributed by atoms with van der Waals surface area (Å²) in [5, 5.41) is 0. The van der Waals surface area contributed by atoms with Crippen molar-refractivity contribution in [1.82, 2.24) is 0 Å². The van der Waals surface area contributed by atoms with Gasteiger partial charge in [0.05, 0.1) is 0 Å². The van der Waals surface area contributed by atoms with Crippen molar-refractivity contribution in [2.75, 3.05) is 27.4 Å². The molecule has 0 aliphatic rings. The van der Waals surface area contributed by atoms with E-state index >= 15 is 0 Å². The maximum absolute atomic E-state index is 5.42. The van der Waals surface area contributed by atoms with Gasteiger partial charge in [-0.05, 0) is 38.3 Å². The highest BCUT2D eigenvalue weighted by molar-refractivity contribution is 6.71. The normalized spacial score (nSPS) is 11.4. The van der Waals surface area contributed by atoms with E-state index in [2.05, 4.69) is 13.2 Å². The van der Waals surface area contributed by atoms with Gasteiger partial charge >= 0.3 is 17.1 Å². The second kappa shape index (κ2) is 10.7. The predicted molar refractivity (Wildman–Crippen MR) is 80.9 cm³/mol. The van der Waals surface area contributed by atoms with E-state index in [4.69, 9.17) is 17.7 Å². The summed E-state index contributed by atoms with van der Waals surface area (Å²) in [5.74, 6) is 0. The highest BCUT2D eigenvalue weighted by Crippen LogP contribution is 2.06. The molecule has 0 amide bonds. The van der Waals surface area contributed by atoms with Gasteiger partial charge in [0.1, 0.15) is 0 Å². The maximum Gasteiger partial charge on any atom is 0.361 e. The monoisotopic (exact) mass is 292 g/mol. The van der Waals surface area contributed by atoms with E-state index in [9.17, 15) is 0 Å². The summed E-state index contributed by atoms with van der Waals surface area (Å²) in [4.78, 5) is 0. The highest BCUT2D eigenvalue weighted by atomic mass is 28.4. The van der Waals surface area contributed by atoms with E-state index in [1.54, 1.807) is 25.6 Å². The zero-order chi connectivity index (χ0) is 14.7. The molecule has 0 N–H and O–H groups in total. The maximum atomic E-state index is 5.42. The molecule has 0 spiro atoms. The average molecular weight is 293 g/mol. The first kappa shape index (κ1) is 20.1. The van der Waals surface area contributed by atoms with Gasteiger partial charge in [-0.1, -0.05) is 0 Å². The molecular weight excluding hydrogens is 264 g/mol. The van der Waals surface area contributed by atoms with Crippen LogP contribution >= 0.6 is 0 Å². The molecule has 4 nitrogen and oxygen atoms in total. The van der Waals surface area contributed by atoms with Crippen LogP contribution in [-0.2, 0) is 17.7 Å². The highest BCUT2D eigenvalue weighted by Gasteiger charge is 2.25. The second-order valence-electron chi connectivity index (χ2n) is 3.71. The van der Waals surface area contributed by atoms with Crippen LogP contribution < -0.4 is 0 Å². The molecule has 0 atom stereocenters. The van der Waals surface area contributed by atoms with Crippen molar-refractivity contribution >= 4 is 17.1 Å². The van der Waals surface area contributed by atoms with Crippen molar-refractivity contribution in [3.63, 3.8) is 0 Å². The topological polar surface area (TPSA) is 36.9 Å². The Morgan fingerprint density at radius 2 is 1.17 bits per heavy atom. The third-order valence-corrected chi connectivity index (χ3v) is 7.24. The Morgan fingerprint density at radius 3 is 1.28 bits per heavy atom. The van der Waals surface area contributed by atoms with Crippen LogP contribution in [-0.4, -0.2) is 44.6 Å². The number of hydrogen-bond acceptors (Lipinski definition) is 4. The van der Waals surface area contributed by atoms with Crippen LogP contribution in [0.1, 0.15) is 13.8 Å². The van der Waals surface area contributed by atoms with Crippen molar-refractivity contribution < 1.29 is 17.7 Å². The van der Waals surface area contributed by atoms with Gasteiger partial charge < -0.3 is 17.7 Å². The van der Waals surface area contributed by atoms with Gasteiger partial charge in [-0.15, -0.1) is 13.2 Å².